The lowest BCUT2D eigenvalue weighted by Crippen LogP contribution is -2.52. The van der Waals surface area contributed by atoms with Crippen LogP contribution in [0.5, 0.6) is 17.2 Å². The van der Waals surface area contributed by atoms with Crippen LogP contribution in [0.4, 0.5) is 5.69 Å². The van der Waals surface area contributed by atoms with E-state index in [0.717, 1.165) is 56.2 Å². The number of aldehydes is 1. The van der Waals surface area contributed by atoms with Crippen molar-refractivity contribution in [2.24, 2.45) is 0 Å². The molecule has 148 valence electrons. The Hall–Kier alpha value is -2.77. The number of fused-ring (bicyclic) bond motifs is 1. The molecular weight excluding hydrogens is 358 g/mol. The maximum absolute atomic E-state index is 11.6. The number of ether oxygens (including phenoxy) is 2. The third-order valence-corrected chi connectivity index (χ3v) is 5.26. The molecule has 28 heavy (non-hydrogen) atoms. The Bertz CT molecular complexity index is 804. The number of phenols is 1. The Morgan fingerprint density at radius 2 is 1.79 bits per heavy atom. The summed E-state index contributed by atoms with van der Waals surface area (Å²) >= 11 is 0. The van der Waals surface area contributed by atoms with Gasteiger partial charge in [0.15, 0.2) is 11.5 Å². The molecule has 4 rings (SSSR count). The van der Waals surface area contributed by atoms with Crippen LogP contribution < -0.4 is 14.8 Å². The predicted molar refractivity (Wildman–Crippen MR) is 106 cm³/mol. The van der Waals surface area contributed by atoms with Crippen LogP contribution in [0.1, 0.15) is 5.56 Å². The highest BCUT2D eigenvalue weighted by molar-refractivity contribution is 5.59. The molecule has 2 heterocycles. The van der Waals surface area contributed by atoms with Crippen molar-refractivity contribution < 1.29 is 19.4 Å². The highest BCUT2D eigenvalue weighted by atomic mass is 16.7. The van der Waals surface area contributed by atoms with Gasteiger partial charge in [0.1, 0.15) is 12.0 Å². The molecule has 0 aliphatic carbocycles. The highest BCUT2D eigenvalue weighted by Crippen LogP contribution is 2.32. The second-order valence-corrected chi connectivity index (χ2v) is 7.13. The Kier molecular flexibility index (Phi) is 5.64. The van der Waals surface area contributed by atoms with E-state index in [9.17, 15) is 9.90 Å². The van der Waals surface area contributed by atoms with Crippen LogP contribution in [0.25, 0.3) is 0 Å². The van der Waals surface area contributed by atoms with Crippen molar-refractivity contribution in [3.8, 4) is 17.2 Å². The van der Waals surface area contributed by atoms with Crippen molar-refractivity contribution in [2.45, 2.75) is 12.6 Å². The molecule has 1 atom stereocenters. The zero-order valence-corrected chi connectivity index (χ0v) is 15.7. The normalized spacial score (nSPS) is 18.0. The summed E-state index contributed by atoms with van der Waals surface area (Å²) < 4.78 is 10.8. The number of piperazine rings is 1. The van der Waals surface area contributed by atoms with E-state index in [2.05, 4.69) is 21.2 Å². The van der Waals surface area contributed by atoms with E-state index in [1.54, 1.807) is 24.3 Å². The summed E-state index contributed by atoms with van der Waals surface area (Å²) in [6, 6.07) is 12.8. The molecule has 0 amide bonds. The van der Waals surface area contributed by atoms with Gasteiger partial charge in [-0.1, -0.05) is 6.07 Å². The van der Waals surface area contributed by atoms with Gasteiger partial charge in [-0.05, 0) is 42.0 Å². The quantitative estimate of drug-likeness (QED) is 0.559. The molecule has 1 unspecified atom stereocenters. The molecule has 2 aliphatic rings. The third-order valence-electron chi connectivity index (χ3n) is 5.26. The van der Waals surface area contributed by atoms with Gasteiger partial charge < -0.3 is 24.7 Å². The Morgan fingerprint density at radius 1 is 1.04 bits per heavy atom. The standard InChI is InChI=1S/C21H25N3O4/c25-14-18(12-22-17-2-4-19(26)5-3-17)24-9-7-23(8-10-24)13-16-1-6-20-21(11-16)28-15-27-20/h1-6,11,14,18,22,26H,7-10,12-13,15H2. The zero-order valence-electron chi connectivity index (χ0n) is 15.7. The number of rotatable bonds is 7. The Labute approximate surface area is 164 Å². The summed E-state index contributed by atoms with van der Waals surface area (Å²) in [4.78, 5) is 16.2. The number of hydrogen-bond acceptors (Lipinski definition) is 7. The lowest BCUT2D eigenvalue weighted by Gasteiger charge is -2.37. The monoisotopic (exact) mass is 383 g/mol. The molecule has 0 saturated carbocycles. The number of hydrogen-bond donors (Lipinski definition) is 2. The number of benzene rings is 2. The lowest BCUT2D eigenvalue weighted by molar-refractivity contribution is -0.112. The minimum atomic E-state index is -0.165. The molecule has 1 fully saturated rings. The summed E-state index contributed by atoms with van der Waals surface area (Å²) in [6.07, 6.45) is 1.01. The van der Waals surface area contributed by atoms with Gasteiger partial charge in [-0.15, -0.1) is 0 Å². The van der Waals surface area contributed by atoms with E-state index in [-0.39, 0.29) is 11.8 Å². The van der Waals surface area contributed by atoms with Crippen molar-refractivity contribution in [3.05, 3.63) is 48.0 Å². The van der Waals surface area contributed by atoms with Gasteiger partial charge in [0.2, 0.25) is 6.79 Å². The van der Waals surface area contributed by atoms with E-state index < -0.39 is 0 Å². The number of phenolic OH excluding ortho intramolecular Hbond substituents is 1. The number of carbonyl (C=O) groups is 1. The average Bonchev–Trinajstić information content (AvgIpc) is 3.19. The minimum absolute atomic E-state index is 0.165. The third kappa shape index (κ3) is 4.37. The summed E-state index contributed by atoms with van der Waals surface area (Å²) in [6.45, 7) is 5.24. The molecule has 2 aliphatic heterocycles. The van der Waals surface area contributed by atoms with Crippen LogP contribution in [0, 0.1) is 0 Å². The summed E-state index contributed by atoms with van der Waals surface area (Å²) in [7, 11) is 0. The number of anilines is 1. The SMILES string of the molecule is O=CC(CNc1ccc(O)cc1)N1CCN(Cc2ccc3c(c2)OCO3)CC1. The molecule has 0 bridgehead atoms. The van der Waals surface area contributed by atoms with Gasteiger partial charge >= 0.3 is 0 Å². The first kappa shape index (κ1) is 18.6. The Morgan fingerprint density at radius 3 is 2.54 bits per heavy atom. The van der Waals surface area contributed by atoms with Crippen molar-refractivity contribution in [1.29, 1.82) is 0 Å². The average molecular weight is 383 g/mol. The molecule has 7 heteroatoms. The van der Waals surface area contributed by atoms with Crippen molar-refractivity contribution in [3.63, 3.8) is 0 Å². The van der Waals surface area contributed by atoms with Crippen LogP contribution in [-0.2, 0) is 11.3 Å². The zero-order chi connectivity index (χ0) is 19.3. The second kappa shape index (κ2) is 8.50. The van der Waals surface area contributed by atoms with Gasteiger partial charge in [0.05, 0.1) is 6.04 Å². The number of aromatic hydroxyl groups is 1. The van der Waals surface area contributed by atoms with Crippen molar-refractivity contribution in [2.75, 3.05) is 44.8 Å². The molecule has 2 aromatic rings. The predicted octanol–water partition coefficient (Wildman–Crippen LogP) is 1.92. The van der Waals surface area contributed by atoms with E-state index in [4.69, 9.17) is 9.47 Å². The van der Waals surface area contributed by atoms with E-state index in [1.165, 1.54) is 5.56 Å². The number of carbonyl (C=O) groups excluding carboxylic acids is 1. The fourth-order valence-corrected chi connectivity index (χ4v) is 3.62. The van der Waals surface area contributed by atoms with Crippen molar-refractivity contribution in [1.82, 2.24) is 9.80 Å². The molecule has 2 N–H and O–H groups in total. The van der Waals surface area contributed by atoms with Crippen molar-refractivity contribution >= 4 is 12.0 Å². The molecule has 0 radical (unpaired) electrons. The van der Waals surface area contributed by atoms with E-state index in [0.29, 0.717) is 13.3 Å². The molecule has 0 spiro atoms. The smallest absolute Gasteiger partial charge is 0.231 e. The van der Waals surface area contributed by atoms with Crippen LogP contribution in [0.3, 0.4) is 0 Å². The second-order valence-electron chi connectivity index (χ2n) is 7.13. The minimum Gasteiger partial charge on any atom is -0.508 e. The first-order chi connectivity index (χ1) is 13.7. The molecular formula is C21H25N3O4. The lowest BCUT2D eigenvalue weighted by atomic mass is 10.1. The molecule has 1 saturated heterocycles. The van der Waals surface area contributed by atoms with Crippen LogP contribution in [0.2, 0.25) is 0 Å². The van der Waals surface area contributed by atoms with Crippen LogP contribution >= 0.6 is 0 Å². The number of nitrogens with zero attached hydrogens (tertiary/aromatic N) is 2. The van der Waals surface area contributed by atoms with Crippen LogP contribution in [-0.4, -0.2) is 66.8 Å². The number of nitrogens with one attached hydrogen (secondary N) is 1. The fraction of sp³-hybridized carbons (Fsp3) is 0.381. The molecule has 2 aromatic carbocycles. The maximum atomic E-state index is 11.6. The highest BCUT2D eigenvalue weighted by Gasteiger charge is 2.24. The molecule has 0 aromatic heterocycles. The first-order valence-corrected chi connectivity index (χ1v) is 9.54. The van der Waals surface area contributed by atoms with Gasteiger partial charge in [0, 0.05) is 45.0 Å². The van der Waals surface area contributed by atoms with Gasteiger partial charge in [0.25, 0.3) is 0 Å². The van der Waals surface area contributed by atoms with Crippen LogP contribution in [0.15, 0.2) is 42.5 Å². The topological polar surface area (TPSA) is 74.3 Å². The summed E-state index contributed by atoms with van der Waals surface area (Å²) in [5.41, 5.74) is 2.10. The first-order valence-electron chi connectivity index (χ1n) is 9.54. The van der Waals surface area contributed by atoms with Gasteiger partial charge in [-0.3, -0.25) is 9.80 Å². The van der Waals surface area contributed by atoms with E-state index in [1.807, 2.05) is 12.1 Å². The Balaban J connectivity index is 1.26. The van der Waals surface area contributed by atoms with Gasteiger partial charge in [-0.2, -0.15) is 0 Å². The molecule has 7 nitrogen and oxygen atoms in total. The van der Waals surface area contributed by atoms with Gasteiger partial charge in [-0.25, -0.2) is 0 Å². The summed E-state index contributed by atoms with van der Waals surface area (Å²) in [5, 5.41) is 12.6. The maximum Gasteiger partial charge on any atom is 0.231 e. The summed E-state index contributed by atoms with van der Waals surface area (Å²) in [5.74, 6) is 1.86. The fourth-order valence-electron chi connectivity index (χ4n) is 3.62. The largest absolute Gasteiger partial charge is 0.508 e. The van der Waals surface area contributed by atoms with E-state index >= 15 is 0 Å².